The minimum absolute atomic E-state index is 0. The van der Waals surface area contributed by atoms with Gasteiger partial charge in [-0.15, -0.1) is 24.0 Å². The molecule has 0 aliphatic heterocycles. The zero-order valence-electron chi connectivity index (χ0n) is 16.9. The molecule has 0 bridgehead atoms. The molecule has 0 unspecified atom stereocenters. The van der Waals surface area contributed by atoms with E-state index < -0.39 is 0 Å². The zero-order chi connectivity index (χ0) is 19.2. The maximum absolute atomic E-state index is 12.0. The lowest BCUT2D eigenvalue weighted by atomic mass is 10.1. The van der Waals surface area contributed by atoms with Crippen LogP contribution in [-0.2, 0) is 9.53 Å². The summed E-state index contributed by atoms with van der Waals surface area (Å²) in [6.45, 7) is 11.5. The highest BCUT2D eigenvalue weighted by molar-refractivity contribution is 14.0. The molecule has 1 amide bonds. The van der Waals surface area contributed by atoms with E-state index in [0.29, 0.717) is 43.8 Å². The number of hydrogen-bond donors (Lipinski definition) is 3. The lowest BCUT2D eigenvalue weighted by Gasteiger charge is -2.11. The van der Waals surface area contributed by atoms with Crippen molar-refractivity contribution in [2.75, 3.05) is 38.2 Å². The van der Waals surface area contributed by atoms with Crippen molar-refractivity contribution in [1.82, 2.24) is 15.6 Å². The molecule has 0 spiro atoms. The van der Waals surface area contributed by atoms with Crippen LogP contribution in [0.25, 0.3) is 0 Å². The zero-order valence-corrected chi connectivity index (χ0v) is 19.2. The molecule has 8 heteroatoms. The molecule has 1 aromatic rings. The van der Waals surface area contributed by atoms with Crippen LogP contribution in [0.4, 0.5) is 5.82 Å². The van der Waals surface area contributed by atoms with Gasteiger partial charge in [-0.2, -0.15) is 0 Å². The number of anilines is 1. The maximum atomic E-state index is 12.0. The topological polar surface area (TPSA) is 87.6 Å². The number of aryl methyl sites for hydroxylation is 1. The molecule has 0 saturated heterocycles. The summed E-state index contributed by atoms with van der Waals surface area (Å²) in [6, 6.07) is 5.54. The number of aromatic nitrogens is 1. The number of pyridine rings is 1. The van der Waals surface area contributed by atoms with Crippen molar-refractivity contribution < 1.29 is 9.53 Å². The van der Waals surface area contributed by atoms with Crippen molar-refractivity contribution in [1.29, 1.82) is 0 Å². The van der Waals surface area contributed by atoms with Crippen LogP contribution < -0.4 is 16.0 Å². The van der Waals surface area contributed by atoms with Gasteiger partial charge in [-0.05, 0) is 38.3 Å². The molecule has 0 aliphatic carbocycles. The Kier molecular flexibility index (Phi) is 14.8. The molecule has 3 N–H and O–H groups in total. The van der Waals surface area contributed by atoms with Crippen molar-refractivity contribution in [3.63, 3.8) is 0 Å². The van der Waals surface area contributed by atoms with Crippen LogP contribution in [0.1, 0.15) is 39.3 Å². The Morgan fingerprint density at radius 1 is 1.26 bits per heavy atom. The van der Waals surface area contributed by atoms with Crippen molar-refractivity contribution in [2.45, 2.75) is 40.5 Å². The molecule has 1 heterocycles. The van der Waals surface area contributed by atoms with Crippen LogP contribution >= 0.6 is 24.0 Å². The van der Waals surface area contributed by atoms with E-state index in [0.717, 1.165) is 25.3 Å². The van der Waals surface area contributed by atoms with E-state index >= 15 is 0 Å². The SMILES string of the molecule is CCNC(=NCCOCCC(C)C)NCCC(=O)Nc1cccc(C)n1.I. The predicted molar refractivity (Wildman–Crippen MR) is 122 cm³/mol. The third-order valence-corrected chi connectivity index (χ3v) is 3.49. The molecule has 1 aromatic heterocycles. The number of rotatable bonds is 11. The van der Waals surface area contributed by atoms with Crippen LogP contribution in [0.15, 0.2) is 23.2 Å². The van der Waals surface area contributed by atoms with Gasteiger partial charge in [0, 0.05) is 31.8 Å². The molecule has 0 aliphatic rings. The maximum Gasteiger partial charge on any atom is 0.227 e. The molecule has 0 fully saturated rings. The summed E-state index contributed by atoms with van der Waals surface area (Å²) in [5.41, 5.74) is 0.873. The van der Waals surface area contributed by atoms with Gasteiger partial charge >= 0.3 is 0 Å². The van der Waals surface area contributed by atoms with E-state index in [9.17, 15) is 4.79 Å². The van der Waals surface area contributed by atoms with Crippen molar-refractivity contribution >= 4 is 41.7 Å². The van der Waals surface area contributed by atoms with Crippen LogP contribution in [0.2, 0.25) is 0 Å². The molecule has 0 aromatic carbocycles. The van der Waals surface area contributed by atoms with Crippen molar-refractivity contribution in [3.8, 4) is 0 Å². The van der Waals surface area contributed by atoms with Gasteiger partial charge in [0.1, 0.15) is 5.82 Å². The van der Waals surface area contributed by atoms with E-state index in [1.807, 2.05) is 26.0 Å². The molecule has 1 rings (SSSR count). The van der Waals surface area contributed by atoms with Crippen LogP contribution in [0.5, 0.6) is 0 Å². The number of guanidine groups is 1. The van der Waals surface area contributed by atoms with Crippen LogP contribution in [-0.4, -0.2) is 49.7 Å². The first-order chi connectivity index (χ1) is 12.5. The van der Waals surface area contributed by atoms with E-state index in [1.165, 1.54) is 0 Å². The molecule has 0 saturated carbocycles. The summed E-state index contributed by atoms with van der Waals surface area (Å²) in [5, 5.41) is 9.12. The summed E-state index contributed by atoms with van der Waals surface area (Å²) < 4.78 is 5.56. The summed E-state index contributed by atoms with van der Waals surface area (Å²) in [5.74, 6) is 1.85. The Morgan fingerprint density at radius 3 is 2.70 bits per heavy atom. The second-order valence-corrected chi connectivity index (χ2v) is 6.44. The Balaban J connectivity index is 0.00000676. The number of carbonyl (C=O) groups is 1. The van der Waals surface area contributed by atoms with Crippen LogP contribution in [0.3, 0.4) is 0 Å². The van der Waals surface area contributed by atoms with E-state index in [2.05, 4.69) is 39.8 Å². The summed E-state index contributed by atoms with van der Waals surface area (Å²) in [4.78, 5) is 20.7. The average Bonchev–Trinajstić information content (AvgIpc) is 2.57. The van der Waals surface area contributed by atoms with Crippen molar-refractivity contribution in [3.05, 3.63) is 23.9 Å². The van der Waals surface area contributed by atoms with Gasteiger partial charge in [-0.25, -0.2) is 4.98 Å². The Labute approximate surface area is 180 Å². The Hall–Kier alpha value is -1.42. The summed E-state index contributed by atoms with van der Waals surface area (Å²) in [6.07, 6.45) is 1.40. The van der Waals surface area contributed by atoms with Gasteiger partial charge in [-0.1, -0.05) is 19.9 Å². The predicted octanol–water partition coefficient (Wildman–Crippen LogP) is 2.95. The van der Waals surface area contributed by atoms with Gasteiger partial charge in [0.05, 0.1) is 13.2 Å². The van der Waals surface area contributed by atoms with Gasteiger partial charge in [0.25, 0.3) is 0 Å². The molecule has 0 radical (unpaired) electrons. The molecular formula is C19H34IN5O2. The summed E-state index contributed by atoms with van der Waals surface area (Å²) in [7, 11) is 0. The molecule has 7 nitrogen and oxygen atoms in total. The second-order valence-electron chi connectivity index (χ2n) is 6.44. The fraction of sp³-hybridized carbons (Fsp3) is 0.632. The molecular weight excluding hydrogens is 457 g/mol. The normalized spacial score (nSPS) is 11.1. The molecule has 27 heavy (non-hydrogen) atoms. The summed E-state index contributed by atoms with van der Waals surface area (Å²) >= 11 is 0. The minimum Gasteiger partial charge on any atom is -0.380 e. The third kappa shape index (κ3) is 13.4. The van der Waals surface area contributed by atoms with E-state index in [-0.39, 0.29) is 29.9 Å². The number of halogens is 1. The van der Waals surface area contributed by atoms with Gasteiger partial charge in [0.2, 0.25) is 5.91 Å². The number of amides is 1. The highest BCUT2D eigenvalue weighted by Gasteiger charge is 2.04. The van der Waals surface area contributed by atoms with Gasteiger partial charge < -0.3 is 20.7 Å². The van der Waals surface area contributed by atoms with E-state index in [1.54, 1.807) is 6.07 Å². The number of nitrogens with one attached hydrogen (secondary N) is 3. The third-order valence-electron chi connectivity index (χ3n) is 3.49. The Bertz CT molecular complexity index is 567. The van der Waals surface area contributed by atoms with Gasteiger partial charge in [-0.3, -0.25) is 9.79 Å². The first-order valence-corrected chi connectivity index (χ1v) is 9.34. The van der Waals surface area contributed by atoms with Crippen LogP contribution in [0, 0.1) is 12.8 Å². The standard InChI is InChI=1S/C19H33N5O2.HI/c1-5-20-19(22-12-14-26-13-10-15(2)3)21-11-9-18(25)24-17-8-6-7-16(4)23-17;/h6-8,15H,5,9-14H2,1-4H3,(H2,20,21,22)(H,23,24,25);1H. The number of carbonyl (C=O) groups excluding carboxylic acids is 1. The lowest BCUT2D eigenvalue weighted by Crippen LogP contribution is -2.39. The van der Waals surface area contributed by atoms with E-state index in [4.69, 9.17) is 4.74 Å². The fourth-order valence-electron chi connectivity index (χ4n) is 2.10. The lowest BCUT2D eigenvalue weighted by molar-refractivity contribution is -0.116. The van der Waals surface area contributed by atoms with Crippen molar-refractivity contribution in [2.24, 2.45) is 10.9 Å². The smallest absolute Gasteiger partial charge is 0.227 e. The first-order valence-electron chi connectivity index (χ1n) is 9.34. The minimum atomic E-state index is -0.0801. The quantitative estimate of drug-likeness (QED) is 0.192. The fourth-order valence-corrected chi connectivity index (χ4v) is 2.10. The molecule has 154 valence electrons. The average molecular weight is 491 g/mol. The largest absolute Gasteiger partial charge is 0.380 e. The second kappa shape index (κ2) is 15.6. The highest BCUT2D eigenvalue weighted by Crippen LogP contribution is 2.04. The monoisotopic (exact) mass is 491 g/mol. The number of ether oxygens (including phenoxy) is 1. The number of hydrogen-bond acceptors (Lipinski definition) is 4. The van der Waals surface area contributed by atoms with Gasteiger partial charge in [0.15, 0.2) is 5.96 Å². The highest BCUT2D eigenvalue weighted by atomic mass is 127. The first kappa shape index (κ1) is 25.6. The molecule has 0 atom stereocenters. The Morgan fingerprint density at radius 2 is 2.04 bits per heavy atom. The number of aliphatic imine (C=N–C) groups is 1. The number of nitrogens with zero attached hydrogens (tertiary/aromatic N) is 2.